The number of terminal acetylenes is 1. The van der Waals surface area contributed by atoms with Crippen LogP contribution in [0.25, 0.3) is 0 Å². The molecular weight excluding hydrogens is 194 g/mol. The molecule has 0 aromatic carbocycles. The summed E-state index contributed by atoms with van der Waals surface area (Å²) in [5.41, 5.74) is 6.18. The molecule has 0 amide bonds. The minimum atomic E-state index is 0.350. The molecule has 0 bridgehead atoms. The monoisotopic (exact) mass is 221 g/mol. The molecule has 1 rings (SSSR count). The van der Waals surface area contributed by atoms with Crippen molar-refractivity contribution in [2.24, 2.45) is 17.6 Å². The Hall–Kier alpha value is -0.480. The molecule has 2 N–H and O–H groups in total. The van der Waals surface area contributed by atoms with Crippen molar-refractivity contribution in [1.29, 1.82) is 0 Å². The van der Waals surface area contributed by atoms with E-state index in [1.165, 1.54) is 44.9 Å². The van der Waals surface area contributed by atoms with E-state index in [0.717, 1.165) is 24.7 Å². The van der Waals surface area contributed by atoms with Gasteiger partial charge in [0, 0.05) is 12.5 Å². The Kier molecular flexibility index (Phi) is 6.57. The van der Waals surface area contributed by atoms with Crippen LogP contribution in [0.5, 0.6) is 0 Å². The lowest BCUT2D eigenvalue weighted by atomic mass is 9.76. The van der Waals surface area contributed by atoms with Crippen LogP contribution >= 0.6 is 0 Å². The van der Waals surface area contributed by atoms with Crippen molar-refractivity contribution in [3.8, 4) is 12.3 Å². The lowest BCUT2D eigenvalue weighted by Crippen LogP contribution is -2.33. The zero-order valence-electron chi connectivity index (χ0n) is 10.8. The van der Waals surface area contributed by atoms with Crippen LogP contribution in [-0.2, 0) is 0 Å². The first-order chi connectivity index (χ1) is 7.77. The number of hydrogen-bond acceptors (Lipinski definition) is 1. The Morgan fingerprint density at radius 2 is 2.00 bits per heavy atom. The summed E-state index contributed by atoms with van der Waals surface area (Å²) in [6, 6.07) is 0.350. The fraction of sp³-hybridized carbons (Fsp3) is 0.867. The minimum Gasteiger partial charge on any atom is -0.327 e. The van der Waals surface area contributed by atoms with Crippen molar-refractivity contribution in [3.05, 3.63) is 0 Å². The number of nitrogens with two attached hydrogens (primary N) is 1. The topological polar surface area (TPSA) is 26.0 Å². The molecule has 0 radical (unpaired) electrons. The molecule has 1 aliphatic rings. The van der Waals surface area contributed by atoms with E-state index in [0.29, 0.717) is 6.04 Å². The SMILES string of the molecule is C#CCCC(N)C1CCC(CCCC)CC1. The van der Waals surface area contributed by atoms with Gasteiger partial charge in [0.2, 0.25) is 0 Å². The molecule has 1 heteroatoms. The largest absolute Gasteiger partial charge is 0.327 e. The summed E-state index contributed by atoms with van der Waals surface area (Å²) in [7, 11) is 0. The van der Waals surface area contributed by atoms with Gasteiger partial charge in [-0.15, -0.1) is 12.3 Å². The van der Waals surface area contributed by atoms with Crippen molar-refractivity contribution in [3.63, 3.8) is 0 Å². The van der Waals surface area contributed by atoms with Crippen LogP contribution in [0.3, 0.4) is 0 Å². The second-order valence-corrected chi connectivity index (χ2v) is 5.33. The maximum absolute atomic E-state index is 6.18. The van der Waals surface area contributed by atoms with Crippen LogP contribution in [0.15, 0.2) is 0 Å². The van der Waals surface area contributed by atoms with Gasteiger partial charge in [-0.05, 0) is 31.1 Å². The van der Waals surface area contributed by atoms with E-state index in [1.54, 1.807) is 0 Å². The maximum atomic E-state index is 6.18. The van der Waals surface area contributed by atoms with Crippen LogP contribution in [0.2, 0.25) is 0 Å². The molecule has 1 atom stereocenters. The zero-order valence-corrected chi connectivity index (χ0v) is 10.8. The van der Waals surface area contributed by atoms with E-state index >= 15 is 0 Å². The Morgan fingerprint density at radius 1 is 1.31 bits per heavy atom. The predicted molar refractivity (Wildman–Crippen MR) is 71.0 cm³/mol. The average Bonchev–Trinajstić information content (AvgIpc) is 2.34. The fourth-order valence-corrected chi connectivity index (χ4v) is 2.88. The van der Waals surface area contributed by atoms with Crippen LogP contribution in [-0.4, -0.2) is 6.04 Å². The molecule has 92 valence electrons. The van der Waals surface area contributed by atoms with Gasteiger partial charge in [0.15, 0.2) is 0 Å². The maximum Gasteiger partial charge on any atom is 0.0101 e. The smallest absolute Gasteiger partial charge is 0.0101 e. The quantitative estimate of drug-likeness (QED) is 0.680. The molecule has 1 fully saturated rings. The van der Waals surface area contributed by atoms with Crippen molar-refractivity contribution in [2.75, 3.05) is 0 Å². The lowest BCUT2D eigenvalue weighted by molar-refractivity contribution is 0.227. The Bertz CT molecular complexity index is 208. The third kappa shape index (κ3) is 4.58. The van der Waals surface area contributed by atoms with Crippen molar-refractivity contribution in [2.45, 2.75) is 70.8 Å². The van der Waals surface area contributed by atoms with Gasteiger partial charge in [-0.3, -0.25) is 0 Å². The second kappa shape index (κ2) is 7.74. The summed E-state index contributed by atoms with van der Waals surface area (Å²) in [6.45, 7) is 2.28. The van der Waals surface area contributed by atoms with Crippen molar-refractivity contribution < 1.29 is 0 Å². The van der Waals surface area contributed by atoms with E-state index in [4.69, 9.17) is 12.2 Å². The predicted octanol–water partition coefficient (Wildman–Crippen LogP) is 3.72. The van der Waals surface area contributed by atoms with Gasteiger partial charge in [0.05, 0.1) is 0 Å². The van der Waals surface area contributed by atoms with Crippen LogP contribution in [0.4, 0.5) is 0 Å². The van der Waals surface area contributed by atoms with E-state index in [-0.39, 0.29) is 0 Å². The molecule has 0 aromatic heterocycles. The van der Waals surface area contributed by atoms with Gasteiger partial charge in [-0.25, -0.2) is 0 Å². The molecule has 1 unspecified atom stereocenters. The highest BCUT2D eigenvalue weighted by Crippen LogP contribution is 2.33. The summed E-state index contributed by atoms with van der Waals surface area (Å²) < 4.78 is 0. The third-order valence-corrected chi connectivity index (χ3v) is 4.08. The fourth-order valence-electron chi connectivity index (χ4n) is 2.88. The lowest BCUT2D eigenvalue weighted by Gasteiger charge is -2.32. The van der Waals surface area contributed by atoms with Crippen molar-refractivity contribution in [1.82, 2.24) is 0 Å². The molecule has 16 heavy (non-hydrogen) atoms. The molecular formula is C15H27N. The first-order valence-electron chi connectivity index (χ1n) is 6.97. The summed E-state index contributed by atoms with van der Waals surface area (Å²) in [6.07, 6.45) is 16.8. The Morgan fingerprint density at radius 3 is 2.56 bits per heavy atom. The number of hydrogen-bond donors (Lipinski definition) is 1. The first-order valence-corrected chi connectivity index (χ1v) is 6.97. The minimum absolute atomic E-state index is 0.350. The van der Waals surface area contributed by atoms with Crippen LogP contribution in [0, 0.1) is 24.2 Å². The van der Waals surface area contributed by atoms with Gasteiger partial charge < -0.3 is 5.73 Å². The Labute approximate surface area is 101 Å². The second-order valence-electron chi connectivity index (χ2n) is 5.33. The Balaban J connectivity index is 2.18. The van der Waals surface area contributed by atoms with Gasteiger partial charge in [-0.2, -0.15) is 0 Å². The van der Waals surface area contributed by atoms with Crippen LogP contribution in [0.1, 0.15) is 64.7 Å². The highest BCUT2D eigenvalue weighted by molar-refractivity contribution is 4.87. The highest BCUT2D eigenvalue weighted by Gasteiger charge is 2.24. The van der Waals surface area contributed by atoms with E-state index in [2.05, 4.69) is 12.8 Å². The van der Waals surface area contributed by atoms with E-state index < -0.39 is 0 Å². The molecule has 1 saturated carbocycles. The van der Waals surface area contributed by atoms with E-state index in [1.807, 2.05) is 0 Å². The standard InChI is InChI=1S/C15H27N/c1-3-5-7-13-9-11-14(12-10-13)15(16)8-6-4-2/h2,13-15H,3,5-12,16H2,1H3. The normalized spacial score (nSPS) is 27.3. The van der Waals surface area contributed by atoms with Gasteiger partial charge in [0.1, 0.15) is 0 Å². The van der Waals surface area contributed by atoms with Gasteiger partial charge >= 0.3 is 0 Å². The molecule has 0 aromatic rings. The summed E-state index contributed by atoms with van der Waals surface area (Å²) >= 11 is 0. The molecule has 0 spiro atoms. The summed E-state index contributed by atoms with van der Waals surface area (Å²) in [4.78, 5) is 0. The van der Waals surface area contributed by atoms with Crippen LogP contribution < -0.4 is 5.73 Å². The summed E-state index contributed by atoms with van der Waals surface area (Å²) in [5.74, 6) is 4.42. The summed E-state index contributed by atoms with van der Waals surface area (Å²) in [5, 5.41) is 0. The van der Waals surface area contributed by atoms with Gasteiger partial charge in [-0.1, -0.05) is 39.0 Å². The number of unbranched alkanes of at least 4 members (excludes halogenated alkanes) is 1. The highest BCUT2D eigenvalue weighted by atomic mass is 14.6. The van der Waals surface area contributed by atoms with E-state index in [9.17, 15) is 0 Å². The number of rotatable bonds is 6. The molecule has 0 saturated heterocycles. The van der Waals surface area contributed by atoms with Crippen molar-refractivity contribution >= 4 is 0 Å². The third-order valence-electron chi connectivity index (χ3n) is 4.08. The van der Waals surface area contributed by atoms with Gasteiger partial charge in [0.25, 0.3) is 0 Å². The molecule has 1 aliphatic carbocycles. The molecule has 0 aliphatic heterocycles. The molecule has 1 nitrogen and oxygen atoms in total. The first kappa shape index (κ1) is 13.6. The zero-order chi connectivity index (χ0) is 11.8. The average molecular weight is 221 g/mol. The molecule has 0 heterocycles.